The van der Waals surface area contributed by atoms with E-state index in [1.54, 1.807) is 12.4 Å². The van der Waals surface area contributed by atoms with Crippen LogP contribution in [0.1, 0.15) is 45.2 Å². The van der Waals surface area contributed by atoms with Crippen molar-refractivity contribution in [3.63, 3.8) is 0 Å². The Balaban J connectivity index is 2.01. The van der Waals surface area contributed by atoms with Crippen LogP contribution in [0.25, 0.3) is 0 Å². The zero-order valence-corrected chi connectivity index (χ0v) is 11.9. The second-order valence-corrected chi connectivity index (χ2v) is 6.00. The Morgan fingerprint density at radius 2 is 2.37 bits per heavy atom. The monoisotopic (exact) mass is 261 g/mol. The Hall–Kier alpha value is -1.42. The number of piperidine rings is 1. The summed E-state index contributed by atoms with van der Waals surface area (Å²) in [5.41, 5.74) is 1.04. The quantitative estimate of drug-likeness (QED) is 0.875. The Morgan fingerprint density at radius 1 is 1.58 bits per heavy atom. The van der Waals surface area contributed by atoms with Crippen molar-refractivity contribution in [2.75, 3.05) is 6.54 Å². The van der Waals surface area contributed by atoms with Gasteiger partial charge in [-0.3, -0.25) is 9.78 Å². The summed E-state index contributed by atoms with van der Waals surface area (Å²) in [6.07, 6.45) is 5.75. The maximum Gasteiger partial charge on any atom is 0.238 e. The van der Waals surface area contributed by atoms with Crippen LogP contribution in [0.3, 0.4) is 0 Å². The van der Waals surface area contributed by atoms with Crippen LogP contribution in [-0.2, 0) is 4.79 Å². The van der Waals surface area contributed by atoms with Gasteiger partial charge >= 0.3 is 0 Å². The number of amides is 1. The predicted molar refractivity (Wildman–Crippen MR) is 75.6 cm³/mol. The van der Waals surface area contributed by atoms with Gasteiger partial charge in [0.1, 0.15) is 0 Å². The molecule has 0 bridgehead atoms. The van der Waals surface area contributed by atoms with E-state index in [4.69, 9.17) is 0 Å². The third kappa shape index (κ3) is 3.32. The van der Waals surface area contributed by atoms with Crippen LogP contribution in [0, 0.1) is 5.41 Å². The van der Waals surface area contributed by atoms with Gasteiger partial charge in [-0.15, -0.1) is 0 Å². The topological polar surface area (TPSA) is 54.0 Å². The number of aromatic nitrogens is 1. The molecule has 4 heteroatoms. The molecule has 1 aromatic rings. The molecule has 2 rings (SSSR count). The van der Waals surface area contributed by atoms with Gasteiger partial charge in [0.15, 0.2) is 0 Å². The van der Waals surface area contributed by atoms with Crippen molar-refractivity contribution in [1.82, 2.24) is 15.6 Å². The number of hydrogen-bond donors (Lipinski definition) is 2. The summed E-state index contributed by atoms with van der Waals surface area (Å²) in [5, 5.41) is 6.42. The van der Waals surface area contributed by atoms with Gasteiger partial charge in [0.05, 0.1) is 12.1 Å². The third-order valence-corrected chi connectivity index (χ3v) is 3.93. The van der Waals surface area contributed by atoms with Crippen molar-refractivity contribution in [3.8, 4) is 0 Å². The first-order valence-electron chi connectivity index (χ1n) is 6.94. The lowest BCUT2D eigenvalue weighted by Crippen LogP contribution is -2.55. The highest BCUT2D eigenvalue weighted by atomic mass is 16.2. The fraction of sp³-hybridized carbons (Fsp3) is 0.600. The van der Waals surface area contributed by atoms with Crippen LogP contribution in [-0.4, -0.2) is 23.5 Å². The largest absolute Gasteiger partial charge is 0.348 e. The molecule has 2 N–H and O–H groups in total. The zero-order chi connectivity index (χ0) is 13.9. The minimum atomic E-state index is -0.111. The molecule has 0 saturated carbocycles. The average molecular weight is 261 g/mol. The van der Waals surface area contributed by atoms with Gasteiger partial charge in [0, 0.05) is 12.4 Å². The van der Waals surface area contributed by atoms with E-state index in [-0.39, 0.29) is 23.4 Å². The van der Waals surface area contributed by atoms with Gasteiger partial charge in [0.2, 0.25) is 5.91 Å². The second kappa shape index (κ2) is 5.70. The normalized spacial score (nSPS) is 23.6. The van der Waals surface area contributed by atoms with E-state index in [9.17, 15) is 4.79 Å². The van der Waals surface area contributed by atoms with Crippen molar-refractivity contribution >= 4 is 5.91 Å². The maximum atomic E-state index is 12.4. The number of nitrogens with zero attached hydrogens (tertiary/aromatic N) is 1. The Labute approximate surface area is 115 Å². The molecule has 2 atom stereocenters. The molecule has 2 heterocycles. The maximum absolute atomic E-state index is 12.4. The SMILES string of the molecule is C[C@@H](NC(=O)C1NCCCC1(C)C)c1cccnc1. The fourth-order valence-corrected chi connectivity index (χ4v) is 2.67. The Kier molecular flexibility index (Phi) is 4.20. The Bertz CT molecular complexity index is 430. The highest BCUT2D eigenvalue weighted by molar-refractivity contribution is 5.83. The van der Waals surface area contributed by atoms with Gasteiger partial charge < -0.3 is 10.6 Å². The number of rotatable bonds is 3. The molecule has 1 aromatic heterocycles. The van der Waals surface area contributed by atoms with Crippen molar-refractivity contribution in [3.05, 3.63) is 30.1 Å². The number of carbonyl (C=O) groups excluding carboxylic acids is 1. The molecule has 4 nitrogen and oxygen atoms in total. The highest BCUT2D eigenvalue weighted by Gasteiger charge is 2.37. The molecule has 1 aliphatic rings. The zero-order valence-electron chi connectivity index (χ0n) is 11.9. The molecule has 0 aromatic carbocycles. The van der Waals surface area contributed by atoms with Crippen molar-refractivity contribution in [2.24, 2.45) is 5.41 Å². The Morgan fingerprint density at radius 3 is 3.00 bits per heavy atom. The lowest BCUT2D eigenvalue weighted by Gasteiger charge is -2.38. The average Bonchev–Trinajstić information content (AvgIpc) is 2.39. The van der Waals surface area contributed by atoms with Crippen LogP contribution in [0.5, 0.6) is 0 Å². The summed E-state index contributed by atoms with van der Waals surface area (Å²) in [5.74, 6) is 0.0843. The van der Waals surface area contributed by atoms with Gasteiger partial charge in [0.25, 0.3) is 0 Å². The molecule has 0 radical (unpaired) electrons. The second-order valence-electron chi connectivity index (χ2n) is 6.00. The summed E-state index contributed by atoms with van der Waals surface area (Å²) in [7, 11) is 0. The standard InChI is InChI=1S/C15H23N3O/c1-11(12-6-4-8-16-10-12)18-14(19)13-15(2,3)7-5-9-17-13/h4,6,8,10-11,13,17H,5,7,9H2,1-3H3,(H,18,19)/t11-,13?/m1/s1. The number of nitrogens with one attached hydrogen (secondary N) is 2. The third-order valence-electron chi connectivity index (χ3n) is 3.93. The van der Waals surface area contributed by atoms with Crippen molar-refractivity contribution in [1.29, 1.82) is 0 Å². The van der Waals surface area contributed by atoms with Crippen LogP contribution in [0.2, 0.25) is 0 Å². The van der Waals surface area contributed by atoms with E-state index in [1.807, 2.05) is 19.1 Å². The predicted octanol–water partition coefficient (Wildman–Crippen LogP) is 2.04. The number of pyridine rings is 1. The molecule has 19 heavy (non-hydrogen) atoms. The smallest absolute Gasteiger partial charge is 0.238 e. The van der Waals surface area contributed by atoms with Crippen molar-refractivity contribution in [2.45, 2.75) is 45.7 Å². The van der Waals surface area contributed by atoms with Gasteiger partial charge in [-0.25, -0.2) is 0 Å². The van der Waals surface area contributed by atoms with Gasteiger partial charge in [-0.1, -0.05) is 19.9 Å². The van der Waals surface area contributed by atoms with E-state index in [0.29, 0.717) is 0 Å². The molecule has 1 aliphatic heterocycles. The molecular weight excluding hydrogens is 238 g/mol. The van der Waals surface area contributed by atoms with Gasteiger partial charge in [-0.05, 0) is 43.4 Å². The summed E-state index contributed by atoms with van der Waals surface area (Å²) in [4.78, 5) is 16.5. The summed E-state index contributed by atoms with van der Waals surface area (Å²) in [6.45, 7) is 7.21. The van der Waals surface area contributed by atoms with Crippen LogP contribution in [0.15, 0.2) is 24.5 Å². The first kappa shape index (κ1) is 14.0. The minimum Gasteiger partial charge on any atom is -0.348 e. The lowest BCUT2D eigenvalue weighted by atomic mass is 9.77. The highest BCUT2D eigenvalue weighted by Crippen LogP contribution is 2.30. The molecule has 1 unspecified atom stereocenters. The van der Waals surface area contributed by atoms with Gasteiger partial charge in [-0.2, -0.15) is 0 Å². The van der Waals surface area contributed by atoms with Crippen molar-refractivity contribution < 1.29 is 4.79 Å². The van der Waals surface area contributed by atoms with Crippen LogP contribution in [0.4, 0.5) is 0 Å². The van der Waals surface area contributed by atoms with Crippen LogP contribution >= 0.6 is 0 Å². The lowest BCUT2D eigenvalue weighted by molar-refractivity contribution is -0.127. The van der Waals surface area contributed by atoms with E-state index in [1.165, 1.54) is 0 Å². The molecular formula is C15H23N3O. The molecule has 1 fully saturated rings. The van der Waals surface area contributed by atoms with E-state index >= 15 is 0 Å². The van der Waals surface area contributed by atoms with E-state index in [0.717, 1.165) is 24.9 Å². The summed E-state index contributed by atoms with van der Waals surface area (Å²) < 4.78 is 0. The first-order chi connectivity index (χ1) is 9.00. The number of hydrogen-bond acceptors (Lipinski definition) is 3. The summed E-state index contributed by atoms with van der Waals surface area (Å²) in [6, 6.07) is 3.75. The molecule has 0 spiro atoms. The molecule has 0 aliphatic carbocycles. The minimum absolute atomic E-state index is 0.0109. The molecule has 104 valence electrons. The molecule has 1 amide bonds. The first-order valence-corrected chi connectivity index (χ1v) is 6.94. The summed E-state index contributed by atoms with van der Waals surface area (Å²) >= 11 is 0. The fourth-order valence-electron chi connectivity index (χ4n) is 2.67. The van der Waals surface area contributed by atoms with E-state index < -0.39 is 0 Å². The van der Waals surface area contributed by atoms with E-state index in [2.05, 4.69) is 29.5 Å². The van der Waals surface area contributed by atoms with Crippen LogP contribution < -0.4 is 10.6 Å². The molecule has 1 saturated heterocycles. The number of carbonyl (C=O) groups is 1.